The second-order valence-corrected chi connectivity index (χ2v) is 12.5. The van der Waals surface area contributed by atoms with Crippen LogP contribution in [0, 0.1) is 0 Å². The van der Waals surface area contributed by atoms with E-state index in [0.717, 1.165) is 0 Å². The third kappa shape index (κ3) is 2.95. The monoisotopic (exact) mass is 573 g/mol. The summed E-state index contributed by atoms with van der Waals surface area (Å²) in [6.45, 7) is 0. The molecule has 2 unspecified atom stereocenters. The van der Waals surface area contributed by atoms with Crippen LogP contribution in [0.15, 0.2) is 152 Å². The van der Waals surface area contributed by atoms with Crippen LogP contribution in [0.3, 0.4) is 0 Å². The van der Waals surface area contributed by atoms with Crippen LogP contribution in [0.2, 0.25) is 0 Å². The van der Waals surface area contributed by atoms with Crippen LogP contribution >= 0.6 is 0 Å². The SMILES string of the molecule is C1=CC2c3ccccc3N(c3ccc4c(c3)c3ccccc3n4-c3cc4c5ccccc5n5c6ccccc6c(c3)c45)C2C=C1. The van der Waals surface area contributed by atoms with Gasteiger partial charge in [-0.1, -0.05) is 97.1 Å². The van der Waals surface area contributed by atoms with Crippen molar-refractivity contribution in [2.24, 2.45) is 0 Å². The summed E-state index contributed by atoms with van der Waals surface area (Å²) in [6, 6.07) is 47.6. The molecule has 11 rings (SSSR count). The number of fused-ring (bicyclic) bond motifs is 12. The Kier molecular flexibility index (Phi) is 4.43. The maximum Gasteiger partial charge on any atom is 0.0629 e. The van der Waals surface area contributed by atoms with Gasteiger partial charge in [-0.25, -0.2) is 0 Å². The molecule has 0 spiro atoms. The van der Waals surface area contributed by atoms with Crippen molar-refractivity contribution in [3.63, 3.8) is 0 Å². The van der Waals surface area contributed by atoms with Crippen LogP contribution in [-0.2, 0) is 0 Å². The molecular formula is C42H27N3. The zero-order valence-corrected chi connectivity index (χ0v) is 24.4. The third-order valence-corrected chi connectivity index (χ3v) is 10.3. The average Bonchev–Trinajstić information content (AvgIpc) is 3.82. The summed E-state index contributed by atoms with van der Waals surface area (Å²) in [4.78, 5) is 2.53. The van der Waals surface area contributed by atoms with Gasteiger partial charge in [0.2, 0.25) is 0 Å². The number of nitrogens with zero attached hydrogens (tertiary/aromatic N) is 3. The Balaban J connectivity index is 1.20. The van der Waals surface area contributed by atoms with Gasteiger partial charge < -0.3 is 13.9 Å². The summed E-state index contributed by atoms with van der Waals surface area (Å²) in [7, 11) is 0. The van der Waals surface area contributed by atoms with Gasteiger partial charge in [0.15, 0.2) is 0 Å². The highest BCUT2D eigenvalue weighted by molar-refractivity contribution is 6.24. The molecule has 0 bridgehead atoms. The Hall–Kier alpha value is -5.80. The quantitative estimate of drug-likeness (QED) is 0.200. The van der Waals surface area contributed by atoms with E-state index in [1.54, 1.807) is 0 Å². The lowest BCUT2D eigenvalue weighted by molar-refractivity contribution is 0.745. The van der Waals surface area contributed by atoms with Gasteiger partial charge in [0, 0.05) is 55.3 Å². The molecule has 0 N–H and O–H groups in total. The molecule has 1 aliphatic carbocycles. The number of anilines is 2. The molecule has 4 heterocycles. The lowest BCUT2D eigenvalue weighted by atomic mass is 9.91. The normalized spacial score (nSPS) is 17.6. The molecule has 3 nitrogen and oxygen atoms in total. The van der Waals surface area contributed by atoms with E-state index < -0.39 is 0 Å². The maximum absolute atomic E-state index is 2.53. The second kappa shape index (κ2) is 8.43. The van der Waals surface area contributed by atoms with Crippen molar-refractivity contribution in [2.45, 2.75) is 12.0 Å². The predicted molar refractivity (Wildman–Crippen MR) is 189 cm³/mol. The fourth-order valence-corrected chi connectivity index (χ4v) is 8.54. The molecule has 1 aliphatic heterocycles. The second-order valence-electron chi connectivity index (χ2n) is 12.5. The van der Waals surface area contributed by atoms with Crippen molar-refractivity contribution >= 4 is 71.3 Å². The molecule has 9 aromatic rings. The highest BCUT2D eigenvalue weighted by Crippen LogP contribution is 2.49. The Morgan fingerprint density at radius 2 is 1.02 bits per heavy atom. The maximum atomic E-state index is 2.53. The molecule has 45 heavy (non-hydrogen) atoms. The molecule has 0 amide bonds. The van der Waals surface area contributed by atoms with Crippen LogP contribution in [0.25, 0.3) is 65.6 Å². The fourth-order valence-electron chi connectivity index (χ4n) is 8.54. The van der Waals surface area contributed by atoms with E-state index in [9.17, 15) is 0 Å². The largest absolute Gasteiger partial charge is 0.333 e. The minimum atomic E-state index is 0.280. The number of para-hydroxylation sites is 4. The molecule has 0 fully saturated rings. The Bertz CT molecular complexity index is 2650. The molecule has 210 valence electrons. The Morgan fingerprint density at radius 1 is 0.444 bits per heavy atom. The molecule has 0 saturated heterocycles. The zero-order chi connectivity index (χ0) is 29.2. The van der Waals surface area contributed by atoms with Crippen molar-refractivity contribution in [2.75, 3.05) is 4.90 Å². The van der Waals surface area contributed by atoms with Crippen LogP contribution < -0.4 is 4.90 Å². The van der Waals surface area contributed by atoms with E-state index in [2.05, 4.69) is 166 Å². The predicted octanol–water partition coefficient (Wildman–Crippen LogP) is 10.7. The number of allylic oxidation sites excluding steroid dienone is 2. The first-order valence-electron chi connectivity index (χ1n) is 15.8. The van der Waals surface area contributed by atoms with E-state index in [1.165, 1.54) is 82.5 Å². The van der Waals surface area contributed by atoms with E-state index in [4.69, 9.17) is 0 Å². The van der Waals surface area contributed by atoms with Crippen LogP contribution in [0.5, 0.6) is 0 Å². The summed E-state index contributed by atoms with van der Waals surface area (Å²) in [5.74, 6) is 0.368. The molecule has 6 aromatic carbocycles. The van der Waals surface area contributed by atoms with E-state index in [-0.39, 0.29) is 6.04 Å². The van der Waals surface area contributed by atoms with Crippen molar-refractivity contribution < 1.29 is 0 Å². The number of benzene rings is 6. The van der Waals surface area contributed by atoms with Crippen LogP contribution in [0.1, 0.15) is 11.5 Å². The molecule has 2 aliphatic rings. The van der Waals surface area contributed by atoms with Gasteiger partial charge in [-0.05, 0) is 60.2 Å². The minimum Gasteiger partial charge on any atom is -0.333 e. The highest BCUT2D eigenvalue weighted by Gasteiger charge is 2.37. The minimum absolute atomic E-state index is 0.280. The van der Waals surface area contributed by atoms with Gasteiger partial charge in [-0.3, -0.25) is 0 Å². The summed E-state index contributed by atoms with van der Waals surface area (Å²) < 4.78 is 4.93. The summed E-state index contributed by atoms with van der Waals surface area (Å²) in [6.07, 6.45) is 9.09. The van der Waals surface area contributed by atoms with Crippen LogP contribution in [0.4, 0.5) is 11.4 Å². The highest BCUT2D eigenvalue weighted by atomic mass is 15.2. The van der Waals surface area contributed by atoms with Crippen molar-refractivity contribution in [3.05, 3.63) is 157 Å². The van der Waals surface area contributed by atoms with Gasteiger partial charge >= 0.3 is 0 Å². The molecule has 3 aromatic heterocycles. The standard InChI is InChI=1S/C42H27N3/c1-6-16-36-28(11-1)29-12-2-7-17-37(29)43(36)26-21-22-41-33(23-26)30-13-3-8-18-38(30)44(41)27-24-34-31-14-4-9-19-39(31)45-40-20-10-5-15-32(40)35(25-27)42(34)45/h1-25,28,36H. The summed E-state index contributed by atoms with van der Waals surface area (Å²) >= 11 is 0. The fraction of sp³-hybridized carbons (Fsp3) is 0.0476. The van der Waals surface area contributed by atoms with Crippen molar-refractivity contribution in [3.8, 4) is 5.69 Å². The van der Waals surface area contributed by atoms with Gasteiger partial charge in [0.05, 0.1) is 33.6 Å². The molecule has 0 radical (unpaired) electrons. The number of rotatable bonds is 2. The number of aromatic nitrogens is 2. The van der Waals surface area contributed by atoms with Gasteiger partial charge in [-0.2, -0.15) is 0 Å². The zero-order valence-electron chi connectivity index (χ0n) is 24.4. The smallest absolute Gasteiger partial charge is 0.0629 e. The summed E-state index contributed by atoms with van der Waals surface area (Å²) in [5, 5.41) is 7.74. The van der Waals surface area contributed by atoms with Crippen LogP contribution in [-0.4, -0.2) is 15.0 Å². The molecule has 0 saturated carbocycles. The molecule has 3 heteroatoms. The first-order chi connectivity index (χ1) is 22.3. The Labute approximate surface area is 259 Å². The van der Waals surface area contributed by atoms with Gasteiger partial charge in [-0.15, -0.1) is 0 Å². The average molecular weight is 574 g/mol. The van der Waals surface area contributed by atoms with Gasteiger partial charge in [0.25, 0.3) is 0 Å². The van der Waals surface area contributed by atoms with Crippen molar-refractivity contribution in [1.29, 1.82) is 0 Å². The van der Waals surface area contributed by atoms with E-state index >= 15 is 0 Å². The van der Waals surface area contributed by atoms with E-state index in [0.29, 0.717) is 5.92 Å². The van der Waals surface area contributed by atoms with E-state index in [1.807, 2.05) is 0 Å². The lowest BCUT2D eigenvalue weighted by Crippen LogP contribution is -2.28. The number of hydrogen-bond donors (Lipinski definition) is 0. The summed E-state index contributed by atoms with van der Waals surface area (Å²) in [5.41, 5.74) is 11.4. The van der Waals surface area contributed by atoms with Gasteiger partial charge in [0.1, 0.15) is 0 Å². The lowest BCUT2D eigenvalue weighted by Gasteiger charge is -2.28. The first-order valence-corrected chi connectivity index (χ1v) is 15.8. The first kappa shape index (κ1) is 23.6. The number of hydrogen-bond acceptors (Lipinski definition) is 1. The topological polar surface area (TPSA) is 12.6 Å². The molecular weight excluding hydrogens is 546 g/mol. The Morgan fingerprint density at radius 3 is 1.78 bits per heavy atom. The molecule has 2 atom stereocenters. The third-order valence-electron chi connectivity index (χ3n) is 10.3. The van der Waals surface area contributed by atoms with Crippen molar-refractivity contribution in [1.82, 2.24) is 8.97 Å².